The second-order valence-corrected chi connectivity index (χ2v) is 8.19. The number of aliphatic hydroxyl groups is 1. The summed E-state index contributed by atoms with van der Waals surface area (Å²) in [6, 6.07) is 13.4. The number of halogens is 2. The number of aryl methyl sites for hydroxylation is 1. The van der Waals surface area contributed by atoms with E-state index in [1.165, 1.54) is 36.4 Å². The van der Waals surface area contributed by atoms with E-state index in [2.05, 4.69) is 0 Å². The van der Waals surface area contributed by atoms with Gasteiger partial charge in [0.1, 0.15) is 6.10 Å². The molecule has 0 bridgehead atoms. The Balaban J connectivity index is 1.62. The van der Waals surface area contributed by atoms with Gasteiger partial charge in [-0.3, -0.25) is 4.79 Å². The molecule has 8 heteroatoms. The van der Waals surface area contributed by atoms with Crippen molar-refractivity contribution in [1.82, 2.24) is 4.90 Å². The lowest BCUT2D eigenvalue weighted by Gasteiger charge is -2.23. The minimum absolute atomic E-state index is 0.162. The SMILES string of the molecule is O=C(O)c1ccccc1CCCN1C(=O)SCC1C=CC(O)C(F)(F)c1ccccc1. The number of hydrogen-bond acceptors (Lipinski definition) is 4. The summed E-state index contributed by atoms with van der Waals surface area (Å²) >= 11 is 1.10. The lowest BCUT2D eigenvalue weighted by molar-refractivity contribution is -0.0929. The van der Waals surface area contributed by atoms with Crippen molar-refractivity contribution in [1.29, 1.82) is 0 Å². The van der Waals surface area contributed by atoms with Crippen LogP contribution in [0.25, 0.3) is 0 Å². The fourth-order valence-electron chi connectivity index (χ4n) is 3.45. The minimum atomic E-state index is -3.45. The largest absolute Gasteiger partial charge is 0.478 e. The van der Waals surface area contributed by atoms with Crippen LogP contribution in [0, 0.1) is 0 Å². The molecule has 1 amide bonds. The third-order valence-electron chi connectivity index (χ3n) is 5.15. The number of carboxylic acids is 1. The van der Waals surface area contributed by atoms with Gasteiger partial charge in [-0.2, -0.15) is 8.78 Å². The summed E-state index contributed by atoms with van der Waals surface area (Å²) in [5, 5.41) is 19.2. The predicted octanol–water partition coefficient (Wildman–Crippen LogP) is 4.56. The highest BCUT2D eigenvalue weighted by Gasteiger charge is 2.39. The van der Waals surface area contributed by atoms with E-state index in [0.29, 0.717) is 30.7 Å². The van der Waals surface area contributed by atoms with Crippen molar-refractivity contribution in [3.05, 3.63) is 83.4 Å². The van der Waals surface area contributed by atoms with Gasteiger partial charge in [-0.25, -0.2) is 4.79 Å². The average molecular weight is 448 g/mol. The van der Waals surface area contributed by atoms with Gasteiger partial charge in [-0.05, 0) is 24.5 Å². The fourth-order valence-corrected chi connectivity index (χ4v) is 4.45. The highest BCUT2D eigenvalue weighted by atomic mass is 32.2. The van der Waals surface area contributed by atoms with Crippen LogP contribution in [0.5, 0.6) is 0 Å². The Morgan fingerprint density at radius 1 is 1.19 bits per heavy atom. The first kappa shape index (κ1) is 23.0. The molecule has 5 nitrogen and oxygen atoms in total. The molecule has 2 aromatic rings. The summed E-state index contributed by atoms with van der Waals surface area (Å²) in [6.45, 7) is 0.361. The molecule has 2 atom stereocenters. The van der Waals surface area contributed by atoms with Crippen molar-refractivity contribution >= 4 is 23.0 Å². The van der Waals surface area contributed by atoms with Crippen LogP contribution in [0.1, 0.15) is 27.9 Å². The maximum Gasteiger partial charge on any atom is 0.335 e. The van der Waals surface area contributed by atoms with Crippen LogP contribution >= 0.6 is 11.8 Å². The molecule has 0 aliphatic carbocycles. The summed E-state index contributed by atoms with van der Waals surface area (Å²) in [7, 11) is 0. The topological polar surface area (TPSA) is 77.8 Å². The third kappa shape index (κ3) is 5.51. The van der Waals surface area contributed by atoms with Crippen molar-refractivity contribution in [2.24, 2.45) is 0 Å². The number of thioether (sulfide) groups is 1. The van der Waals surface area contributed by atoms with E-state index in [-0.39, 0.29) is 16.4 Å². The van der Waals surface area contributed by atoms with Crippen molar-refractivity contribution in [2.75, 3.05) is 12.3 Å². The quantitative estimate of drug-likeness (QED) is 0.551. The van der Waals surface area contributed by atoms with Gasteiger partial charge in [0.15, 0.2) is 0 Å². The van der Waals surface area contributed by atoms with Crippen molar-refractivity contribution < 1.29 is 28.6 Å². The Labute approximate surface area is 183 Å². The van der Waals surface area contributed by atoms with Crippen molar-refractivity contribution in [3.63, 3.8) is 0 Å². The van der Waals surface area contributed by atoms with Crippen LogP contribution in [-0.2, 0) is 12.3 Å². The van der Waals surface area contributed by atoms with E-state index in [1.807, 2.05) is 0 Å². The Morgan fingerprint density at radius 2 is 1.87 bits per heavy atom. The monoisotopic (exact) mass is 447 g/mol. The van der Waals surface area contributed by atoms with E-state index in [0.717, 1.165) is 17.8 Å². The highest BCUT2D eigenvalue weighted by molar-refractivity contribution is 8.13. The van der Waals surface area contributed by atoms with Gasteiger partial charge in [0, 0.05) is 17.9 Å². The number of nitrogens with zero attached hydrogens (tertiary/aromatic N) is 1. The lowest BCUT2D eigenvalue weighted by atomic mass is 10.0. The smallest absolute Gasteiger partial charge is 0.335 e. The molecule has 1 fully saturated rings. The number of carboxylic acid groups (broad SMARTS) is 1. The van der Waals surface area contributed by atoms with Gasteiger partial charge >= 0.3 is 11.9 Å². The van der Waals surface area contributed by atoms with E-state index >= 15 is 0 Å². The first-order chi connectivity index (χ1) is 14.8. The molecule has 1 heterocycles. The molecular formula is C23H23F2NO4S. The number of aliphatic hydroxyl groups excluding tert-OH is 1. The molecule has 1 aliphatic rings. The molecule has 2 unspecified atom stereocenters. The second-order valence-electron chi connectivity index (χ2n) is 7.22. The Hall–Kier alpha value is -2.71. The molecular weight excluding hydrogens is 424 g/mol. The van der Waals surface area contributed by atoms with Gasteiger partial charge in [0.05, 0.1) is 11.6 Å². The van der Waals surface area contributed by atoms with Crippen LogP contribution in [-0.4, -0.2) is 50.8 Å². The standard InChI is InChI=1S/C23H23F2NO4S/c24-23(25,17-9-2-1-3-10-17)20(27)13-12-18-15-31-22(30)26(18)14-6-8-16-7-4-5-11-19(16)21(28)29/h1-5,7,9-13,18,20,27H,6,8,14-15H2,(H,28,29). The zero-order valence-corrected chi connectivity index (χ0v) is 17.5. The summed E-state index contributed by atoms with van der Waals surface area (Å²) < 4.78 is 28.9. The zero-order valence-electron chi connectivity index (χ0n) is 16.7. The van der Waals surface area contributed by atoms with E-state index in [9.17, 15) is 28.6 Å². The van der Waals surface area contributed by atoms with Gasteiger partial charge in [0.2, 0.25) is 0 Å². The molecule has 0 radical (unpaired) electrons. The highest BCUT2D eigenvalue weighted by Crippen LogP contribution is 2.33. The summed E-state index contributed by atoms with van der Waals surface area (Å²) in [5.74, 6) is -4.04. The number of benzene rings is 2. The van der Waals surface area contributed by atoms with Gasteiger partial charge in [-0.1, -0.05) is 72.4 Å². The summed E-state index contributed by atoms with van der Waals surface area (Å²) in [6.07, 6.45) is 1.49. The molecule has 31 heavy (non-hydrogen) atoms. The number of carbonyl (C=O) groups is 2. The number of alkyl halides is 2. The number of aromatic carboxylic acids is 1. The minimum Gasteiger partial charge on any atom is -0.478 e. The molecule has 2 aromatic carbocycles. The third-order valence-corrected chi connectivity index (χ3v) is 6.14. The molecule has 1 aliphatic heterocycles. The van der Waals surface area contributed by atoms with E-state index in [4.69, 9.17) is 0 Å². The van der Waals surface area contributed by atoms with Gasteiger partial charge in [-0.15, -0.1) is 0 Å². The van der Waals surface area contributed by atoms with Crippen LogP contribution in [0.15, 0.2) is 66.7 Å². The average Bonchev–Trinajstić information content (AvgIpc) is 3.12. The van der Waals surface area contributed by atoms with Crippen LogP contribution in [0.3, 0.4) is 0 Å². The summed E-state index contributed by atoms with van der Waals surface area (Å²) in [4.78, 5) is 25.1. The first-order valence-electron chi connectivity index (χ1n) is 9.85. The Morgan fingerprint density at radius 3 is 2.58 bits per heavy atom. The molecule has 2 N–H and O–H groups in total. The molecule has 0 spiro atoms. The number of carbonyl (C=O) groups excluding carboxylic acids is 1. The van der Waals surface area contributed by atoms with Crippen LogP contribution in [0.2, 0.25) is 0 Å². The number of rotatable bonds is 9. The van der Waals surface area contributed by atoms with Crippen LogP contribution in [0.4, 0.5) is 13.6 Å². The predicted molar refractivity (Wildman–Crippen MR) is 116 cm³/mol. The second kappa shape index (κ2) is 10.1. The fraction of sp³-hybridized carbons (Fsp3) is 0.304. The normalized spacial score (nSPS) is 18.0. The van der Waals surface area contributed by atoms with Crippen molar-refractivity contribution in [2.45, 2.75) is 30.9 Å². The lowest BCUT2D eigenvalue weighted by Crippen LogP contribution is -2.34. The van der Waals surface area contributed by atoms with Gasteiger partial charge in [0.25, 0.3) is 5.24 Å². The molecule has 0 saturated carbocycles. The van der Waals surface area contributed by atoms with Crippen molar-refractivity contribution in [3.8, 4) is 0 Å². The summed E-state index contributed by atoms with van der Waals surface area (Å²) in [5.41, 5.74) is 0.629. The number of hydrogen-bond donors (Lipinski definition) is 2. The first-order valence-corrected chi connectivity index (χ1v) is 10.8. The van der Waals surface area contributed by atoms with Gasteiger partial charge < -0.3 is 15.1 Å². The van der Waals surface area contributed by atoms with Crippen LogP contribution < -0.4 is 0 Å². The maximum absolute atomic E-state index is 14.5. The maximum atomic E-state index is 14.5. The number of amides is 1. The van der Waals surface area contributed by atoms with E-state index < -0.39 is 24.0 Å². The Kier molecular flexibility index (Phi) is 7.46. The molecule has 3 rings (SSSR count). The Bertz CT molecular complexity index is 952. The molecule has 164 valence electrons. The zero-order chi connectivity index (χ0) is 22.4. The van der Waals surface area contributed by atoms with E-state index in [1.54, 1.807) is 29.2 Å². The molecule has 0 aromatic heterocycles. The molecule has 1 saturated heterocycles.